The van der Waals surface area contributed by atoms with Gasteiger partial charge in [0.15, 0.2) is 0 Å². The van der Waals surface area contributed by atoms with Crippen LogP contribution >= 0.6 is 0 Å². The Morgan fingerprint density at radius 1 is 1.23 bits per heavy atom. The van der Waals surface area contributed by atoms with Gasteiger partial charge in [-0.1, -0.05) is 20.8 Å². The van der Waals surface area contributed by atoms with Gasteiger partial charge in [-0.2, -0.15) is 5.10 Å². The number of nitrogens with zero attached hydrogens (tertiary/aromatic N) is 1. The summed E-state index contributed by atoms with van der Waals surface area (Å²) in [4.78, 5) is 12.7. The summed E-state index contributed by atoms with van der Waals surface area (Å²) in [5.41, 5.74) is 3.17. The Morgan fingerprint density at radius 3 is 2.90 bits per heavy atom. The molecule has 6 heteroatoms. The van der Waals surface area contributed by atoms with Gasteiger partial charge in [-0.3, -0.25) is 9.89 Å². The van der Waals surface area contributed by atoms with Gasteiger partial charge >= 0.3 is 0 Å². The van der Waals surface area contributed by atoms with Crippen molar-refractivity contribution in [2.75, 3.05) is 5.32 Å². The Labute approximate surface area is 177 Å². The van der Waals surface area contributed by atoms with Crippen LogP contribution in [0, 0.1) is 5.92 Å². The number of nitrogens with one attached hydrogen (secondary N) is 2. The Kier molecular flexibility index (Phi) is 5.77. The first-order valence-corrected chi connectivity index (χ1v) is 10.7. The van der Waals surface area contributed by atoms with Gasteiger partial charge in [0.25, 0.3) is 5.91 Å². The molecule has 158 valence electrons. The largest absolute Gasteiger partial charge is 0.462 e. The molecule has 1 unspecified atom stereocenters. The summed E-state index contributed by atoms with van der Waals surface area (Å²) in [7, 11) is 0. The summed E-state index contributed by atoms with van der Waals surface area (Å²) >= 11 is 0. The first-order valence-electron chi connectivity index (χ1n) is 10.7. The highest BCUT2D eigenvalue weighted by Crippen LogP contribution is 2.38. The first-order chi connectivity index (χ1) is 14.5. The molecular formula is C24H29N3O3. The molecule has 1 amide bonds. The number of rotatable bonds is 7. The van der Waals surface area contributed by atoms with E-state index in [9.17, 15) is 4.79 Å². The number of hydrogen-bond acceptors (Lipinski definition) is 4. The monoisotopic (exact) mass is 407 g/mol. The van der Waals surface area contributed by atoms with Gasteiger partial charge < -0.3 is 14.8 Å². The van der Waals surface area contributed by atoms with Gasteiger partial charge in [0, 0.05) is 35.0 Å². The topological polar surface area (TPSA) is 76.2 Å². The van der Waals surface area contributed by atoms with Crippen molar-refractivity contribution >= 4 is 22.5 Å². The minimum Gasteiger partial charge on any atom is -0.462 e. The number of carbonyl (C=O) groups is 1. The molecule has 1 aromatic heterocycles. The molecule has 1 aliphatic heterocycles. The first kappa shape index (κ1) is 20.4. The molecule has 0 spiro atoms. The number of H-pyrrole nitrogens is 1. The van der Waals surface area contributed by atoms with Crippen LogP contribution in [0.2, 0.25) is 0 Å². The highest BCUT2D eigenvalue weighted by Gasteiger charge is 2.36. The van der Waals surface area contributed by atoms with Crippen LogP contribution in [-0.2, 0) is 11.3 Å². The molecule has 0 saturated carbocycles. The van der Waals surface area contributed by atoms with E-state index in [1.165, 1.54) is 0 Å². The van der Waals surface area contributed by atoms with Gasteiger partial charge in [-0.25, -0.2) is 0 Å². The van der Waals surface area contributed by atoms with E-state index in [0.717, 1.165) is 53.6 Å². The molecule has 3 aromatic rings. The van der Waals surface area contributed by atoms with Crippen LogP contribution in [0.4, 0.5) is 5.69 Å². The van der Waals surface area contributed by atoms with Crippen LogP contribution in [-0.4, -0.2) is 21.9 Å². The highest BCUT2D eigenvalue weighted by molar-refractivity contribution is 6.06. The van der Waals surface area contributed by atoms with Crippen molar-refractivity contribution in [3.05, 3.63) is 53.7 Å². The molecule has 2 heterocycles. The summed E-state index contributed by atoms with van der Waals surface area (Å²) in [6.45, 7) is 7.07. The molecule has 4 rings (SSSR count). The Balaban J connectivity index is 1.48. The van der Waals surface area contributed by atoms with Crippen LogP contribution in [0.5, 0.6) is 5.75 Å². The van der Waals surface area contributed by atoms with E-state index >= 15 is 0 Å². The van der Waals surface area contributed by atoms with E-state index in [0.29, 0.717) is 18.1 Å². The predicted molar refractivity (Wildman–Crippen MR) is 118 cm³/mol. The number of aromatic nitrogens is 2. The minimum absolute atomic E-state index is 0.159. The summed E-state index contributed by atoms with van der Waals surface area (Å²) in [5, 5.41) is 10.8. The minimum atomic E-state index is -0.545. The Hall–Kier alpha value is -2.86. The zero-order valence-corrected chi connectivity index (χ0v) is 17.8. The zero-order valence-electron chi connectivity index (χ0n) is 17.8. The third-order valence-corrected chi connectivity index (χ3v) is 5.54. The second-order valence-electron chi connectivity index (χ2n) is 8.43. The van der Waals surface area contributed by atoms with Crippen LogP contribution in [0.15, 0.2) is 42.6 Å². The Bertz CT molecular complexity index is 1040. The molecule has 2 aromatic carbocycles. The summed E-state index contributed by atoms with van der Waals surface area (Å²) in [6.07, 6.45) is 5.52. The molecule has 0 aliphatic carbocycles. The standard InChI is InChI=1S/C24H29N3O3/c1-4-10-24(11-9-16(2)3)29-15-19-13-20(6-8-22(19)30-24)26-23(28)17-5-7-21-18(12-17)14-25-27-21/h5-8,12-14,16H,4,9-11,15H2,1-3H3,(H,25,27)(H,26,28). The van der Waals surface area contributed by atoms with Crippen molar-refractivity contribution in [2.45, 2.75) is 58.8 Å². The van der Waals surface area contributed by atoms with E-state index in [-0.39, 0.29) is 5.91 Å². The van der Waals surface area contributed by atoms with Gasteiger partial charge in [-0.15, -0.1) is 0 Å². The van der Waals surface area contributed by atoms with Gasteiger partial charge in [0.1, 0.15) is 5.75 Å². The van der Waals surface area contributed by atoms with Crippen LogP contribution in [0.1, 0.15) is 62.4 Å². The van der Waals surface area contributed by atoms with Crippen LogP contribution in [0.25, 0.3) is 10.9 Å². The number of fused-ring (bicyclic) bond motifs is 2. The third-order valence-electron chi connectivity index (χ3n) is 5.54. The van der Waals surface area contributed by atoms with E-state index in [2.05, 4.69) is 36.3 Å². The number of carbonyl (C=O) groups excluding carboxylic acids is 1. The zero-order chi connectivity index (χ0) is 21.1. The molecule has 1 aliphatic rings. The highest BCUT2D eigenvalue weighted by atomic mass is 16.7. The lowest BCUT2D eigenvalue weighted by Gasteiger charge is -2.39. The number of hydrogen-bond donors (Lipinski definition) is 2. The van der Waals surface area contributed by atoms with Crippen molar-refractivity contribution in [3.8, 4) is 5.75 Å². The van der Waals surface area contributed by atoms with Crippen LogP contribution in [0.3, 0.4) is 0 Å². The summed E-state index contributed by atoms with van der Waals surface area (Å²) < 4.78 is 12.6. The number of amides is 1. The van der Waals surface area contributed by atoms with Crippen molar-refractivity contribution < 1.29 is 14.3 Å². The fourth-order valence-corrected chi connectivity index (χ4v) is 3.86. The maximum atomic E-state index is 12.7. The molecular weight excluding hydrogens is 378 g/mol. The van der Waals surface area contributed by atoms with Crippen molar-refractivity contribution in [1.29, 1.82) is 0 Å². The van der Waals surface area contributed by atoms with Crippen molar-refractivity contribution in [1.82, 2.24) is 10.2 Å². The number of anilines is 1. The molecule has 1 atom stereocenters. The van der Waals surface area contributed by atoms with Gasteiger partial charge in [0.2, 0.25) is 5.79 Å². The van der Waals surface area contributed by atoms with E-state index < -0.39 is 5.79 Å². The summed E-state index contributed by atoms with van der Waals surface area (Å²) in [5.74, 6) is 0.743. The molecule has 0 radical (unpaired) electrons. The van der Waals surface area contributed by atoms with E-state index in [1.54, 1.807) is 12.3 Å². The van der Waals surface area contributed by atoms with Crippen molar-refractivity contribution in [3.63, 3.8) is 0 Å². The maximum absolute atomic E-state index is 12.7. The molecule has 30 heavy (non-hydrogen) atoms. The van der Waals surface area contributed by atoms with E-state index in [4.69, 9.17) is 9.47 Å². The predicted octanol–water partition coefficient (Wildman–Crippen LogP) is 5.66. The fraction of sp³-hybridized carbons (Fsp3) is 0.417. The van der Waals surface area contributed by atoms with Crippen LogP contribution < -0.4 is 10.1 Å². The molecule has 0 saturated heterocycles. The average molecular weight is 408 g/mol. The number of ether oxygens (including phenoxy) is 2. The molecule has 0 fully saturated rings. The smallest absolute Gasteiger partial charge is 0.255 e. The molecule has 0 bridgehead atoms. The second-order valence-corrected chi connectivity index (χ2v) is 8.43. The number of benzene rings is 2. The SMILES string of the molecule is CCCC1(CCC(C)C)OCc2cc(NC(=O)c3ccc4[nH]ncc4c3)ccc2O1. The number of aromatic amines is 1. The lowest BCUT2D eigenvalue weighted by Crippen LogP contribution is -2.42. The van der Waals surface area contributed by atoms with E-state index in [1.807, 2.05) is 30.3 Å². The lowest BCUT2D eigenvalue weighted by atomic mass is 9.97. The fourth-order valence-electron chi connectivity index (χ4n) is 3.86. The normalized spacial score (nSPS) is 18.3. The van der Waals surface area contributed by atoms with Gasteiger partial charge in [0.05, 0.1) is 18.3 Å². The molecule has 6 nitrogen and oxygen atoms in total. The average Bonchev–Trinajstić information content (AvgIpc) is 3.20. The quantitative estimate of drug-likeness (QED) is 0.530. The molecule has 2 N–H and O–H groups in total. The third kappa shape index (κ3) is 4.33. The summed E-state index contributed by atoms with van der Waals surface area (Å²) in [6, 6.07) is 11.2. The Morgan fingerprint density at radius 2 is 2.10 bits per heavy atom. The van der Waals surface area contributed by atoms with Crippen molar-refractivity contribution in [2.24, 2.45) is 5.92 Å². The lowest BCUT2D eigenvalue weighted by molar-refractivity contribution is -0.215. The maximum Gasteiger partial charge on any atom is 0.255 e. The van der Waals surface area contributed by atoms with Gasteiger partial charge in [-0.05, 0) is 55.2 Å². The second kappa shape index (κ2) is 8.48.